The van der Waals surface area contributed by atoms with Crippen molar-refractivity contribution in [2.45, 2.75) is 63.2 Å². The number of fused-ring (bicyclic) bond motifs is 3. The zero-order chi connectivity index (χ0) is 33.8. The molecule has 7 rings (SSSR count). The Morgan fingerprint density at radius 2 is 1.83 bits per heavy atom. The second-order valence-corrected chi connectivity index (χ2v) is 18.2. The standard InChI is InChI=1S/C35H37BrN6O5Si/c1-22-32(48(2,3)46)31(14-16-40-21-26(15-17-43)38-39-40)47-35(22)29-18-25(36)10-13-30(29)41(34(35)45)20-23-8-11-27(12-9-23)42-33(44)28-7-5-4-6-24(28)19-37-42/h4-13,18-19,21-22,31-32,43,46H,14-17,20H2,1-3H3/t22-,31+,32-,35+/m1/s1. The third kappa shape index (κ3) is 5.53. The number of aromatic nitrogens is 5. The minimum atomic E-state index is -2.83. The number of halogens is 1. The summed E-state index contributed by atoms with van der Waals surface area (Å²) in [4.78, 5) is 41.3. The summed E-state index contributed by atoms with van der Waals surface area (Å²) in [6.07, 6.45) is 4.07. The van der Waals surface area contributed by atoms with Crippen LogP contribution in [0, 0.1) is 5.92 Å². The number of benzene rings is 3. The molecule has 0 radical (unpaired) electrons. The van der Waals surface area contributed by atoms with Crippen molar-refractivity contribution in [2.75, 3.05) is 11.5 Å². The fraction of sp³-hybridized carbons (Fsp3) is 0.343. The number of hydrogen-bond donors (Lipinski definition) is 2. The number of aryl methyl sites for hydroxylation is 1. The average molecular weight is 730 g/mol. The first-order chi connectivity index (χ1) is 23.0. The lowest BCUT2D eigenvalue weighted by Gasteiger charge is -2.32. The van der Waals surface area contributed by atoms with E-state index >= 15 is 0 Å². The molecule has 1 spiro atoms. The zero-order valence-corrected chi connectivity index (χ0v) is 29.5. The molecule has 48 heavy (non-hydrogen) atoms. The summed E-state index contributed by atoms with van der Waals surface area (Å²) >= 11 is 3.62. The Bertz CT molecular complexity index is 2060. The number of anilines is 1. The molecule has 5 aromatic rings. The van der Waals surface area contributed by atoms with E-state index in [-0.39, 0.29) is 35.6 Å². The van der Waals surface area contributed by atoms with Gasteiger partial charge >= 0.3 is 0 Å². The molecule has 3 aromatic carbocycles. The maximum atomic E-state index is 14.8. The topological polar surface area (TPSA) is 136 Å². The van der Waals surface area contributed by atoms with Gasteiger partial charge in [0.05, 0.1) is 41.3 Å². The molecule has 4 heterocycles. The lowest BCUT2D eigenvalue weighted by Crippen LogP contribution is -2.46. The Morgan fingerprint density at radius 1 is 1.06 bits per heavy atom. The van der Waals surface area contributed by atoms with Crippen LogP contribution < -0.4 is 10.5 Å². The molecule has 1 amide bonds. The first-order valence-electron chi connectivity index (χ1n) is 16.1. The van der Waals surface area contributed by atoms with Gasteiger partial charge in [0.25, 0.3) is 11.5 Å². The number of nitrogens with zero attached hydrogens (tertiary/aromatic N) is 6. The Labute approximate surface area is 287 Å². The molecule has 11 nitrogen and oxygen atoms in total. The largest absolute Gasteiger partial charge is 0.432 e. The molecule has 0 aliphatic carbocycles. The van der Waals surface area contributed by atoms with Gasteiger partial charge in [0.2, 0.25) is 0 Å². The Morgan fingerprint density at radius 3 is 2.58 bits per heavy atom. The van der Waals surface area contributed by atoms with Gasteiger partial charge in [-0.2, -0.15) is 9.78 Å². The summed E-state index contributed by atoms with van der Waals surface area (Å²) in [5, 5.41) is 23.4. The van der Waals surface area contributed by atoms with Crippen molar-refractivity contribution in [3.63, 3.8) is 0 Å². The van der Waals surface area contributed by atoms with E-state index in [1.807, 2.05) is 86.9 Å². The van der Waals surface area contributed by atoms with Crippen LogP contribution in [0.1, 0.15) is 30.2 Å². The van der Waals surface area contributed by atoms with Gasteiger partial charge in [0.1, 0.15) is 0 Å². The molecule has 0 unspecified atom stereocenters. The number of carbonyl (C=O) groups is 1. The highest BCUT2D eigenvalue weighted by Gasteiger charge is 2.66. The number of aliphatic hydroxyl groups is 1. The normalized spacial score (nSPS) is 22.2. The van der Waals surface area contributed by atoms with E-state index in [0.29, 0.717) is 42.7 Å². The van der Waals surface area contributed by atoms with Gasteiger partial charge in [-0.15, -0.1) is 5.10 Å². The fourth-order valence-electron chi connectivity index (χ4n) is 7.61. The van der Waals surface area contributed by atoms with Gasteiger partial charge in [-0.05, 0) is 61.5 Å². The molecule has 4 atom stereocenters. The summed E-state index contributed by atoms with van der Waals surface area (Å²) in [7, 11) is -2.83. The lowest BCUT2D eigenvalue weighted by atomic mass is 9.82. The summed E-state index contributed by atoms with van der Waals surface area (Å²) < 4.78 is 10.9. The number of aliphatic hydroxyl groups excluding tert-OH is 1. The Kier molecular flexibility index (Phi) is 8.44. The number of rotatable bonds is 9. The molecule has 2 aromatic heterocycles. The van der Waals surface area contributed by atoms with Crippen LogP contribution in [-0.4, -0.2) is 61.6 Å². The summed E-state index contributed by atoms with van der Waals surface area (Å²) in [6, 6.07) is 20.7. The van der Waals surface area contributed by atoms with Gasteiger partial charge in [0, 0.05) is 52.7 Å². The van der Waals surface area contributed by atoms with E-state index in [0.717, 1.165) is 26.7 Å². The van der Waals surface area contributed by atoms with Crippen LogP contribution in [0.5, 0.6) is 0 Å². The Hall–Kier alpha value is -4.01. The number of ether oxygens (including phenoxy) is 1. The second-order valence-electron chi connectivity index (χ2n) is 13.3. The van der Waals surface area contributed by atoms with Crippen LogP contribution in [0.4, 0.5) is 5.69 Å². The van der Waals surface area contributed by atoms with E-state index in [4.69, 9.17) is 4.74 Å². The van der Waals surface area contributed by atoms with E-state index in [9.17, 15) is 19.5 Å². The molecule has 248 valence electrons. The van der Waals surface area contributed by atoms with E-state index < -0.39 is 13.9 Å². The zero-order valence-electron chi connectivity index (χ0n) is 27.0. The van der Waals surface area contributed by atoms with Gasteiger partial charge < -0.3 is 19.5 Å². The van der Waals surface area contributed by atoms with Crippen LogP contribution in [0.25, 0.3) is 16.5 Å². The van der Waals surface area contributed by atoms with Crippen LogP contribution >= 0.6 is 15.9 Å². The van der Waals surface area contributed by atoms with Crippen LogP contribution in [0.3, 0.4) is 0 Å². The van der Waals surface area contributed by atoms with E-state index in [2.05, 4.69) is 31.3 Å². The predicted octanol–water partition coefficient (Wildman–Crippen LogP) is 4.71. The minimum Gasteiger partial charge on any atom is -0.432 e. The van der Waals surface area contributed by atoms with Crippen molar-refractivity contribution < 1.29 is 19.4 Å². The van der Waals surface area contributed by atoms with E-state index in [1.165, 1.54) is 4.68 Å². The number of amides is 1. The first kappa shape index (κ1) is 32.5. The third-order valence-corrected chi connectivity index (χ3v) is 12.8. The van der Waals surface area contributed by atoms with Crippen LogP contribution in [-0.2, 0) is 34.6 Å². The SMILES string of the molecule is C[C@@H]1[C@@H]([Si](C)(C)O)[C@H](CCn2cc(CCO)nn2)O[C@@]12C(=O)N(Cc1ccc(-n3ncc4ccccc4c3=O)cc1)c1ccc(Br)cc12. The molecule has 13 heteroatoms. The summed E-state index contributed by atoms with van der Waals surface area (Å²) in [5.74, 6) is -0.454. The van der Waals surface area contributed by atoms with Gasteiger partial charge in [-0.25, -0.2) is 0 Å². The molecule has 1 saturated heterocycles. The highest BCUT2D eigenvalue weighted by Crippen LogP contribution is 2.60. The smallest absolute Gasteiger partial charge is 0.279 e. The maximum Gasteiger partial charge on any atom is 0.279 e. The quantitative estimate of drug-likeness (QED) is 0.209. The predicted molar refractivity (Wildman–Crippen MR) is 187 cm³/mol. The summed E-state index contributed by atoms with van der Waals surface area (Å²) in [5.41, 5.74) is 2.09. The van der Waals surface area contributed by atoms with Crippen molar-refractivity contribution >= 4 is 46.6 Å². The number of hydrogen-bond acceptors (Lipinski definition) is 8. The van der Waals surface area contributed by atoms with Crippen molar-refractivity contribution in [1.82, 2.24) is 24.8 Å². The minimum absolute atomic E-state index is 0.00371. The van der Waals surface area contributed by atoms with Crippen LogP contribution in [0.15, 0.2) is 88.4 Å². The molecule has 1 fully saturated rings. The molecule has 2 aliphatic heterocycles. The molecule has 0 saturated carbocycles. The van der Waals surface area contributed by atoms with Gasteiger partial charge in [-0.3, -0.25) is 14.3 Å². The lowest BCUT2D eigenvalue weighted by molar-refractivity contribution is -0.146. The van der Waals surface area contributed by atoms with Crippen molar-refractivity contribution in [3.8, 4) is 5.69 Å². The highest BCUT2D eigenvalue weighted by molar-refractivity contribution is 9.10. The van der Waals surface area contributed by atoms with Crippen molar-refractivity contribution in [1.29, 1.82) is 0 Å². The Balaban J connectivity index is 1.19. The van der Waals surface area contributed by atoms with Crippen molar-refractivity contribution in [2.24, 2.45) is 5.92 Å². The molecule has 2 aliphatic rings. The molecular weight excluding hydrogens is 692 g/mol. The summed E-state index contributed by atoms with van der Waals surface area (Å²) in [6.45, 7) is 6.64. The molecule has 0 bridgehead atoms. The second kappa shape index (κ2) is 12.5. The van der Waals surface area contributed by atoms with Gasteiger partial charge in [-0.1, -0.05) is 58.4 Å². The maximum absolute atomic E-state index is 14.8. The molecular formula is C35H37BrN6O5Si. The fourth-order valence-corrected chi connectivity index (χ4v) is 10.6. The monoisotopic (exact) mass is 728 g/mol. The van der Waals surface area contributed by atoms with Gasteiger partial charge in [0.15, 0.2) is 13.9 Å². The van der Waals surface area contributed by atoms with Crippen molar-refractivity contribution in [3.05, 3.63) is 111 Å². The highest BCUT2D eigenvalue weighted by atomic mass is 79.9. The first-order valence-corrected chi connectivity index (χ1v) is 19.9. The van der Waals surface area contributed by atoms with Crippen LogP contribution in [0.2, 0.25) is 18.6 Å². The number of carbonyl (C=O) groups excluding carboxylic acids is 1. The average Bonchev–Trinajstić information content (AvgIpc) is 3.71. The van der Waals surface area contributed by atoms with E-state index in [1.54, 1.807) is 21.8 Å². The third-order valence-electron chi connectivity index (χ3n) is 9.76. The molecule has 2 N–H and O–H groups in total.